The third-order valence-electron chi connectivity index (χ3n) is 15.7. The zero-order valence-corrected chi connectivity index (χ0v) is 51.0. The fourth-order valence-electron chi connectivity index (χ4n) is 11.3. The van der Waals surface area contributed by atoms with Crippen LogP contribution in [-0.2, 0) is 42.7 Å². The van der Waals surface area contributed by atoms with Crippen molar-refractivity contribution in [1.82, 2.24) is 9.55 Å². The van der Waals surface area contributed by atoms with Gasteiger partial charge in [-0.25, -0.2) is 4.98 Å². The number of hydrogen-bond donors (Lipinski definition) is 0. The van der Waals surface area contributed by atoms with E-state index in [0.717, 1.165) is 55.7 Å². The summed E-state index contributed by atoms with van der Waals surface area (Å²) in [5.41, 5.74) is 14.6. The van der Waals surface area contributed by atoms with E-state index in [9.17, 15) is 0 Å². The van der Waals surface area contributed by atoms with Crippen LogP contribution >= 0.6 is 0 Å². The monoisotopic (exact) mass is 1210 g/mol. The van der Waals surface area contributed by atoms with Gasteiger partial charge in [-0.15, -0.1) is 53.8 Å². The van der Waals surface area contributed by atoms with Gasteiger partial charge >= 0.3 is 0 Å². The van der Waals surface area contributed by atoms with Crippen LogP contribution in [0.5, 0.6) is 11.5 Å². The summed E-state index contributed by atoms with van der Waals surface area (Å²) in [7, 11) is 0. The molecule has 10 rings (SSSR count). The second-order valence-electron chi connectivity index (χ2n) is 26.4. The largest absolute Gasteiger partial charge is 0.509 e. The maximum absolute atomic E-state index is 7.36. The molecule has 7 aromatic carbocycles. The molecule has 0 amide bonds. The number of para-hydroxylation sites is 1. The molecule has 5 nitrogen and oxygen atoms in total. The van der Waals surface area contributed by atoms with Crippen molar-refractivity contribution in [2.45, 2.75) is 132 Å². The number of nitrogens with zero attached hydrogens (tertiary/aromatic N) is 4. The van der Waals surface area contributed by atoms with Crippen molar-refractivity contribution in [3.63, 3.8) is 0 Å². The molecule has 0 fully saturated rings. The summed E-state index contributed by atoms with van der Waals surface area (Å²) in [5.74, 6) is 2.01. The van der Waals surface area contributed by atoms with Gasteiger partial charge in [-0.2, -0.15) is 0 Å². The third-order valence-corrected chi connectivity index (χ3v) is 15.7. The molecule has 404 valence electrons. The van der Waals surface area contributed by atoms with Crippen molar-refractivity contribution in [1.29, 1.82) is 0 Å². The maximum Gasteiger partial charge on any atom is 0.135 e. The van der Waals surface area contributed by atoms with Crippen LogP contribution in [-0.4, -0.2) is 9.55 Å². The van der Waals surface area contributed by atoms with E-state index in [1.165, 1.54) is 39.2 Å². The quantitative estimate of drug-likeness (QED) is 0.128. The fourth-order valence-corrected chi connectivity index (χ4v) is 11.3. The molecule has 0 N–H and O–H groups in total. The summed E-state index contributed by atoms with van der Waals surface area (Å²) in [6.07, 6.45) is 1.95. The van der Waals surface area contributed by atoms with Gasteiger partial charge < -0.3 is 19.1 Å². The van der Waals surface area contributed by atoms with Gasteiger partial charge in [-0.1, -0.05) is 237 Å². The van der Waals surface area contributed by atoms with Gasteiger partial charge in [0.05, 0.1) is 0 Å². The molecule has 6 heteroatoms. The zero-order valence-electron chi connectivity index (χ0n) is 48.8. The minimum Gasteiger partial charge on any atom is -0.509 e. The summed E-state index contributed by atoms with van der Waals surface area (Å²) in [4.78, 5) is 9.98. The number of fused-ring (bicyclic) bond motifs is 3. The van der Waals surface area contributed by atoms with Crippen molar-refractivity contribution in [3.8, 4) is 28.4 Å². The average Bonchev–Trinajstić information content (AvgIpc) is 4.09. The van der Waals surface area contributed by atoms with Crippen molar-refractivity contribution in [2.75, 3.05) is 9.80 Å². The van der Waals surface area contributed by atoms with E-state index >= 15 is 0 Å². The second-order valence-corrected chi connectivity index (χ2v) is 26.4. The second kappa shape index (κ2) is 20.5. The summed E-state index contributed by atoms with van der Waals surface area (Å²) in [6, 6.07) is 66.9. The molecule has 78 heavy (non-hydrogen) atoms. The SMILES string of the molecule is CC(C)(C)C1=C(C(C)(C)C)N(c2cc(C(C)(C)C)cc(C(C)(C)C)c2)[CH-]N1c1[c-]c(Oc2[c-]c3c(c(C(C)(C)c4ccccc4)c2)c2ccccc2n3-c2cc(C(C)(C)c3ccccc3)ccn2)cc(-c2ccccc2)c1.[Pt]. The standard InChI is InChI=1S/C72H77N4O.Pt/c1-67(2,3)53-40-54(68(4,5)6)42-56(41-53)75-47-74(65(69(7,8)9)66(75)70(10,11)12)55-38-49(48-28-20-17-21-29-48)39-57(44-55)77-58-45-60(72(15,16)51-32-24-19-25-33-51)64-59-34-26-27-35-61(59)76(62(64)46-58)63-43-52(36-37-73-63)71(13,14)50-30-22-18-23-31-50;/h17-43,45,47H,1-16H3;/q-3;. The molecule has 1 aliphatic rings. The van der Waals surface area contributed by atoms with E-state index in [2.05, 4.69) is 308 Å². The summed E-state index contributed by atoms with van der Waals surface area (Å²) < 4.78 is 9.64. The molecule has 0 radical (unpaired) electrons. The van der Waals surface area contributed by atoms with Gasteiger partial charge in [-0.3, -0.25) is 0 Å². The molecular weight excluding hydrogens is 1130 g/mol. The Balaban J connectivity index is 0.00000740. The molecule has 3 heterocycles. The number of rotatable bonds is 10. The minimum absolute atomic E-state index is 0. The van der Waals surface area contributed by atoms with E-state index in [0.29, 0.717) is 11.5 Å². The van der Waals surface area contributed by atoms with Crippen LogP contribution in [0.3, 0.4) is 0 Å². The number of hydrogen-bond acceptors (Lipinski definition) is 4. The van der Waals surface area contributed by atoms with Crippen LogP contribution in [0.1, 0.15) is 144 Å². The Bertz CT molecular complexity index is 3640. The predicted molar refractivity (Wildman–Crippen MR) is 324 cm³/mol. The van der Waals surface area contributed by atoms with Crippen LogP contribution < -0.4 is 14.5 Å². The molecule has 1 aliphatic heterocycles. The Labute approximate surface area is 480 Å². The van der Waals surface area contributed by atoms with Crippen LogP contribution in [0.2, 0.25) is 0 Å². The molecule has 0 atom stereocenters. The number of anilines is 2. The summed E-state index contributed by atoms with van der Waals surface area (Å²) in [5, 5.41) is 2.25. The first kappa shape index (κ1) is 56.1. The minimum atomic E-state index is -0.451. The van der Waals surface area contributed by atoms with Gasteiger partial charge in [-0.05, 0) is 85.3 Å². The van der Waals surface area contributed by atoms with Gasteiger partial charge in [0.2, 0.25) is 0 Å². The molecule has 0 aliphatic carbocycles. The van der Waals surface area contributed by atoms with Crippen molar-refractivity contribution in [2.24, 2.45) is 10.8 Å². The Hall–Kier alpha value is -6.68. The number of ether oxygens (including phenoxy) is 1. The Morgan fingerprint density at radius 2 is 0.974 bits per heavy atom. The van der Waals surface area contributed by atoms with Gasteiger partial charge in [0.15, 0.2) is 0 Å². The Morgan fingerprint density at radius 3 is 1.55 bits per heavy atom. The first-order valence-electron chi connectivity index (χ1n) is 27.4. The molecule has 9 aromatic rings. The molecule has 0 saturated heterocycles. The summed E-state index contributed by atoms with van der Waals surface area (Å²) >= 11 is 0. The third kappa shape index (κ3) is 10.6. The number of benzene rings is 7. The van der Waals surface area contributed by atoms with Gasteiger partial charge in [0.25, 0.3) is 0 Å². The maximum atomic E-state index is 7.36. The van der Waals surface area contributed by atoms with Crippen LogP contribution in [0, 0.1) is 29.6 Å². The van der Waals surface area contributed by atoms with E-state index in [-0.39, 0.29) is 48.1 Å². The molecule has 0 saturated carbocycles. The topological polar surface area (TPSA) is 33.5 Å². The first-order chi connectivity index (χ1) is 36.2. The van der Waals surface area contributed by atoms with E-state index in [1.807, 2.05) is 6.20 Å². The number of pyridine rings is 1. The van der Waals surface area contributed by atoms with Gasteiger partial charge in [0.1, 0.15) is 5.82 Å². The smallest absolute Gasteiger partial charge is 0.135 e. The van der Waals surface area contributed by atoms with Crippen molar-refractivity contribution >= 4 is 33.2 Å². The van der Waals surface area contributed by atoms with Gasteiger partial charge in [0, 0.05) is 77.6 Å². The molecular formula is C72H77N4OPt-3. The number of allylic oxidation sites excluding steroid dienone is 2. The molecule has 0 bridgehead atoms. The molecule has 2 aromatic heterocycles. The van der Waals surface area contributed by atoms with Crippen molar-refractivity contribution < 1.29 is 25.8 Å². The van der Waals surface area contributed by atoms with E-state index < -0.39 is 5.41 Å². The molecule has 0 unspecified atom stereocenters. The van der Waals surface area contributed by atoms with E-state index in [1.54, 1.807) is 0 Å². The molecule has 0 spiro atoms. The van der Waals surface area contributed by atoms with Crippen molar-refractivity contribution in [3.05, 3.63) is 234 Å². The predicted octanol–water partition coefficient (Wildman–Crippen LogP) is 19.2. The Morgan fingerprint density at radius 1 is 0.449 bits per heavy atom. The average molecular weight is 1210 g/mol. The normalized spacial score (nSPS) is 13.9. The van der Waals surface area contributed by atoms with Crippen LogP contribution in [0.15, 0.2) is 181 Å². The number of aromatic nitrogens is 2. The Kier molecular flexibility index (Phi) is 14.7. The van der Waals surface area contributed by atoms with Crippen LogP contribution in [0.4, 0.5) is 11.4 Å². The first-order valence-corrected chi connectivity index (χ1v) is 27.4. The van der Waals surface area contributed by atoms with E-state index in [4.69, 9.17) is 9.72 Å². The zero-order chi connectivity index (χ0) is 55.0. The summed E-state index contributed by atoms with van der Waals surface area (Å²) in [6.45, 7) is 39.4. The fraction of sp³-hybridized carbons (Fsp3) is 0.306. The van der Waals surface area contributed by atoms with Crippen LogP contribution in [0.25, 0.3) is 38.8 Å².